The van der Waals surface area contributed by atoms with Crippen LogP contribution in [-0.2, 0) is 55.3 Å². The Hall–Kier alpha value is 2.21. The summed E-state index contributed by atoms with van der Waals surface area (Å²) in [7, 11) is -4.67. The van der Waals surface area contributed by atoms with Crippen molar-refractivity contribution in [2.75, 3.05) is 0 Å². The summed E-state index contributed by atoms with van der Waals surface area (Å²) >= 11 is -2.61. The summed E-state index contributed by atoms with van der Waals surface area (Å²) in [6.45, 7) is 0. The molecule has 0 saturated carbocycles. The molecule has 83 valence electrons. The van der Waals surface area contributed by atoms with Crippen molar-refractivity contribution >= 4 is 59.5 Å². The summed E-state index contributed by atoms with van der Waals surface area (Å²) in [5.74, 6) is 0. The molecule has 0 saturated heterocycles. The topological polar surface area (TPSA) is 132 Å². The van der Waals surface area contributed by atoms with E-state index in [-0.39, 0.29) is 74.2 Å². The summed E-state index contributed by atoms with van der Waals surface area (Å²) in [5, 5.41) is 0. The maximum absolute atomic E-state index is 8.74. The zero-order chi connectivity index (χ0) is 8.08. The van der Waals surface area contributed by atoms with Crippen molar-refractivity contribution in [1.29, 1.82) is 0 Å². The third-order valence-electron chi connectivity index (χ3n) is 0. The van der Waals surface area contributed by atoms with Gasteiger partial charge in [-0.3, -0.25) is 18.2 Å². The minimum absolute atomic E-state index is 0. The molecule has 0 aliphatic carbocycles. The van der Waals surface area contributed by atoms with Gasteiger partial charge in [-0.05, 0) is 0 Å². The average Bonchev–Trinajstić information content (AvgIpc) is 1.19. The van der Waals surface area contributed by atoms with E-state index < -0.39 is 21.8 Å². The summed E-state index contributed by atoms with van der Waals surface area (Å²) in [6, 6.07) is 0. The van der Waals surface area contributed by atoms with Crippen LogP contribution in [0.3, 0.4) is 0 Å². The fraction of sp³-hybridized carbons (Fsp3) is 0. The van der Waals surface area contributed by atoms with E-state index >= 15 is 0 Å². The SMILES string of the molecule is O=S(=O)(O)O.O=S(O)O.[Ca+2].[Cu].[H-].[H-].[Ni]. The monoisotopic (exact) mass is 343 g/mol. The van der Waals surface area contributed by atoms with Gasteiger partial charge in [0.05, 0.1) is 0 Å². The molecule has 0 aromatic heterocycles. The molecule has 0 aromatic rings. The standard InChI is InChI=1S/Ca.Cu.Ni.H2O4S.H2O3S.2H/c;;;1-5(2,3)4;1-4(2)3;;/h;;;(H2,1,2,3,4);(H2,1,2,3);;/q+2;;;;;2*-1. The Kier molecular flexibility index (Phi) is 38.2. The van der Waals surface area contributed by atoms with Crippen molar-refractivity contribution < 1.29 is 67.3 Å². The van der Waals surface area contributed by atoms with Gasteiger partial charge in [-0.1, -0.05) is 0 Å². The van der Waals surface area contributed by atoms with E-state index in [1.54, 1.807) is 0 Å². The second kappa shape index (κ2) is 15.7. The Bertz CT molecular complexity index is 172. The minimum atomic E-state index is -4.67. The summed E-state index contributed by atoms with van der Waals surface area (Å²) in [4.78, 5) is 0. The molecule has 12 heavy (non-hydrogen) atoms. The molecule has 0 spiro atoms. The van der Waals surface area contributed by atoms with Crippen molar-refractivity contribution in [3.05, 3.63) is 0 Å². The second-order valence-electron chi connectivity index (χ2n) is 0.679. The normalized spacial score (nSPS) is 7.75. The predicted octanol–water partition coefficient (Wildman–Crippen LogP) is -1.13. The Morgan fingerprint density at radius 1 is 1.17 bits per heavy atom. The molecule has 0 amide bonds. The number of hydrogen-bond acceptors (Lipinski definition) is 3. The molecule has 12 heteroatoms. The molecule has 1 radical (unpaired) electrons. The molecule has 0 heterocycles. The maximum Gasteiger partial charge on any atom is 2.00 e. The Balaban J connectivity index is -0.0000000104. The molecular formula is H6CaCuNiO7S2. The van der Waals surface area contributed by atoms with Crippen LogP contribution >= 0.6 is 0 Å². The van der Waals surface area contributed by atoms with Crippen LogP contribution in [0.2, 0.25) is 0 Å². The van der Waals surface area contributed by atoms with E-state index in [4.69, 9.17) is 30.8 Å². The van der Waals surface area contributed by atoms with Gasteiger partial charge in [0, 0.05) is 33.6 Å². The van der Waals surface area contributed by atoms with E-state index in [1.807, 2.05) is 0 Å². The summed E-state index contributed by atoms with van der Waals surface area (Å²) < 4.78 is 54.4. The van der Waals surface area contributed by atoms with Gasteiger partial charge >= 0.3 is 48.1 Å². The van der Waals surface area contributed by atoms with Gasteiger partial charge in [-0.15, -0.1) is 0 Å². The van der Waals surface area contributed by atoms with Gasteiger partial charge in [0.1, 0.15) is 0 Å². The second-order valence-corrected chi connectivity index (χ2v) is 2.04. The van der Waals surface area contributed by atoms with Crippen molar-refractivity contribution in [2.45, 2.75) is 0 Å². The van der Waals surface area contributed by atoms with E-state index in [0.717, 1.165) is 0 Å². The van der Waals surface area contributed by atoms with E-state index in [0.29, 0.717) is 0 Å². The Morgan fingerprint density at radius 2 is 1.17 bits per heavy atom. The third kappa shape index (κ3) is 314. The number of hydrogen-bond donors (Lipinski definition) is 4. The molecule has 0 fully saturated rings. The van der Waals surface area contributed by atoms with Crippen LogP contribution in [0.4, 0.5) is 0 Å². The largest absolute Gasteiger partial charge is 2.00 e. The van der Waals surface area contributed by atoms with Crippen LogP contribution in [0.5, 0.6) is 0 Å². The van der Waals surface area contributed by atoms with E-state index in [1.165, 1.54) is 0 Å². The first-order valence-corrected chi connectivity index (χ1v) is 3.69. The fourth-order valence-corrected chi connectivity index (χ4v) is 0. The quantitative estimate of drug-likeness (QED) is 0.248. The maximum atomic E-state index is 8.74. The molecule has 0 aliphatic heterocycles. The third-order valence-corrected chi connectivity index (χ3v) is 0. The van der Waals surface area contributed by atoms with Gasteiger partial charge in [-0.25, -0.2) is 0 Å². The molecule has 0 aromatic carbocycles. The van der Waals surface area contributed by atoms with Crippen molar-refractivity contribution in [3.63, 3.8) is 0 Å². The molecule has 0 atom stereocenters. The molecule has 0 bridgehead atoms. The van der Waals surface area contributed by atoms with Gasteiger partial charge in [0.15, 0.2) is 0 Å². The van der Waals surface area contributed by atoms with Gasteiger partial charge in [0.2, 0.25) is 0 Å². The molecule has 0 rings (SSSR count). The van der Waals surface area contributed by atoms with Gasteiger partial charge in [0.25, 0.3) is 11.4 Å². The van der Waals surface area contributed by atoms with Crippen LogP contribution in [0, 0.1) is 0 Å². The molecular weight excluding hydrogens is 338 g/mol. The first kappa shape index (κ1) is 29.2. The number of rotatable bonds is 0. The molecule has 7 nitrogen and oxygen atoms in total. The van der Waals surface area contributed by atoms with Crippen LogP contribution in [0.25, 0.3) is 0 Å². The zero-order valence-corrected chi connectivity index (χ0v) is 10.9. The van der Waals surface area contributed by atoms with Crippen molar-refractivity contribution in [1.82, 2.24) is 0 Å². The first-order valence-electron chi connectivity index (χ1n) is 1.23. The zero-order valence-electron chi connectivity index (χ0n) is 7.15. The smallest absolute Gasteiger partial charge is 1.00 e. The average molecular weight is 344 g/mol. The van der Waals surface area contributed by atoms with Crippen LogP contribution in [0.15, 0.2) is 0 Å². The van der Waals surface area contributed by atoms with Gasteiger partial charge < -0.3 is 2.85 Å². The summed E-state index contributed by atoms with van der Waals surface area (Å²) in [6.07, 6.45) is 0. The van der Waals surface area contributed by atoms with E-state index in [9.17, 15) is 0 Å². The molecule has 0 aliphatic rings. The fourth-order valence-electron chi connectivity index (χ4n) is 0. The van der Waals surface area contributed by atoms with E-state index in [2.05, 4.69) is 0 Å². The Labute approximate surface area is 125 Å². The predicted molar refractivity (Wildman–Crippen MR) is 35.6 cm³/mol. The first-order chi connectivity index (χ1) is 3.73. The summed E-state index contributed by atoms with van der Waals surface area (Å²) in [5.41, 5.74) is 0. The van der Waals surface area contributed by atoms with Crippen LogP contribution in [0.1, 0.15) is 2.85 Å². The minimum Gasteiger partial charge on any atom is -1.00 e. The van der Waals surface area contributed by atoms with Crippen molar-refractivity contribution in [2.24, 2.45) is 0 Å². The van der Waals surface area contributed by atoms with Crippen LogP contribution < -0.4 is 0 Å². The van der Waals surface area contributed by atoms with Gasteiger partial charge in [-0.2, -0.15) is 12.6 Å². The van der Waals surface area contributed by atoms with Crippen LogP contribution in [-0.4, -0.2) is 68.6 Å². The molecule has 4 N–H and O–H groups in total. The Morgan fingerprint density at radius 3 is 1.17 bits per heavy atom. The van der Waals surface area contributed by atoms with Crippen molar-refractivity contribution in [3.8, 4) is 0 Å². The molecule has 0 unspecified atom stereocenters.